The second kappa shape index (κ2) is 10.5. The van der Waals surface area contributed by atoms with Crippen LogP contribution in [0.4, 0.5) is 4.79 Å². The van der Waals surface area contributed by atoms with Crippen molar-refractivity contribution in [3.05, 3.63) is 57.8 Å². The van der Waals surface area contributed by atoms with Gasteiger partial charge in [0.1, 0.15) is 0 Å². The third-order valence-corrected chi connectivity index (χ3v) is 5.90. The monoisotopic (exact) mass is 422 g/mol. The number of carbonyl (C=O) groups excluding carboxylic acids is 2. The molecule has 28 heavy (non-hydrogen) atoms. The molecule has 0 aliphatic carbocycles. The van der Waals surface area contributed by atoms with E-state index in [0.29, 0.717) is 6.54 Å². The fraction of sp³-hybridized carbons (Fsp3) is 0.400. The van der Waals surface area contributed by atoms with Crippen LogP contribution in [0.3, 0.4) is 0 Å². The maximum atomic E-state index is 13.1. The van der Waals surface area contributed by atoms with Crippen LogP contribution in [0.2, 0.25) is 0 Å². The highest BCUT2D eigenvalue weighted by Gasteiger charge is 2.30. The molecule has 0 bridgehead atoms. The van der Waals surface area contributed by atoms with E-state index in [4.69, 9.17) is 5.73 Å². The average Bonchev–Trinajstić information content (AvgIpc) is 3.22. The van der Waals surface area contributed by atoms with Gasteiger partial charge in [-0.05, 0) is 29.0 Å². The molecule has 2 atom stereocenters. The lowest BCUT2D eigenvalue weighted by Gasteiger charge is -2.37. The van der Waals surface area contributed by atoms with Crippen LogP contribution in [0.5, 0.6) is 0 Å². The van der Waals surface area contributed by atoms with E-state index in [0.717, 1.165) is 30.0 Å². The van der Waals surface area contributed by atoms with E-state index in [1.54, 1.807) is 0 Å². The zero-order chi connectivity index (χ0) is 19.2. The fourth-order valence-corrected chi connectivity index (χ4v) is 4.23. The van der Waals surface area contributed by atoms with E-state index in [1.807, 2.05) is 22.4 Å². The number of hydrogen-bond acceptors (Lipinski definition) is 4. The van der Waals surface area contributed by atoms with Crippen molar-refractivity contribution < 1.29 is 9.59 Å². The van der Waals surface area contributed by atoms with Crippen LogP contribution in [-0.4, -0.2) is 36.5 Å². The van der Waals surface area contributed by atoms with Crippen molar-refractivity contribution >= 4 is 35.7 Å². The van der Waals surface area contributed by atoms with E-state index >= 15 is 0 Å². The molecule has 1 aromatic heterocycles. The molecular formula is C20H27ClN4O2S. The first-order chi connectivity index (χ1) is 13.1. The molecule has 1 aliphatic heterocycles. The third kappa shape index (κ3) is 5.47. The Morgan fingerprint density at radius 3 is 2.68 bits per heavy atom. The molecule has 8 heteroatoms. The largest absolute Gasteiger partial charge is 0.352 e. The van der Waals surface area contributed by atoms with Crippen LogP contribution in [0, 0.1) is 0 Å². The molecule has 0 saturated carbocycles. The molecule has 4 N–H and O–H groups in total. The molecule has 2 heterocycles. The van der Waals surface area contributed by atoms with Gasteiger partial charge in [0.15, 0.2) is 0 Å². The Labute approximate surface area is 175 Å². The van der Waals surface area contributed by atoms with Gasteiger partial charge in [0, 0.05) is 24.5 Å². The molecule has 3 rings (SSSR count). The van der Waals surface area contributed by atoms with Crippen molar-refractivity contribution in [3.8, 4) is 0 Å². The van der Waals surface area contributed by atoms with Gasteiger partial charge in [-0.15, -0.1) is 23.7 Å². The second-order valence-corrected chi connectivity index (χ2v) is 7.66. The number of nitrogens with two attached hydrogens (primary N) is 1. The molecule has 0 radical (unpaired) electrons. The smallest absolute Gasteiger partial charge is 0.312 e. The van der Waals surface area contributed by atoms with Crippen LogP contribution in [0.25, 0.3) is 0 Å². The lowest BCUT2D eigenvalue weighted by atomic mass is 10.00. The number of nitrogens with one attached hydrogen (secondary N) is 2. The van der Waals surface area contributed by atoms with Crippen LogP contribution in [-0.2, 0) is 11.2 Å². The molecule has 3 amide bonds. The highest BCUT2D eigenvalue weighted by atomic mass is 35.5. The van der Waals surface area contributed by atoms with E-state index in [1.165, 1.54) is 16.9 Å². The van der Waals surface area contributed by atoms with Gasteiger partial charge in [-0.1, -0.05) is 37.3 Å². The number of benzene rings is 1. The van der Waals surface area contributed by atoms with E-state index < -0.39 is 12.1 Å². The summed E-state index contributed by atoms with van der Waals surface area (Å²) in [5, 5.41) is 8.02. The number of urea groups is 1. The van der Waals surface area contributed by atoms with Crippen molar-refractivity contribution in [2.75, 3.05) is 19.6 Å². The first-order valence-electron chi connectivity index (χ1n) is 9.27. The van der Waals surface area contributed by atoms with Gasteiger partial charge in [0.05, 0.1) is 18.5 Å². The second-order valence-electron chi connectivity index (χ2n) is 6.68. The number of primary amides is 1. The van der Waals surface area contributed by atoms with Crippen LogP contribution < -0.4 is 16.4 Å². The van der Waals surface area contributed by atoms with Gasteiger partial charge in [-0.2, -0.15) is 0 Å². The highest BCUT2D eigenvalue weighted by Crippen LogP contribution is 2.27. The quantitative estimate of drug-likeness (QED) is 0.668. The minimum absolute atomic E-state index is 0. The van der Waals surface area contributed by atoms with Crippen LogP contribution >= 0.6 is 23.7 Å². The fourth-order valence-electron chi connectivity index (χ4n) is 3.45. The predicted octanol–water partition coefficient (Wildman–Crippen LogP) is 3.00. The normalized spacial score (nSPS) is 17.5. The van der Waals surface area contributed by atoms with Gasteiger partial charge in [-0.3, -0.25) is 4.79 Å². The topological polar surface area (TPSA) is 87.5 Å². The van der Waals surface area contributed by atoms with Gasteiger partial charge in [-0.25, -0.2) is 4.79 Å². The molecule has 0 spiro atoms. The number of thiophene rings is 1. The van der Waals surface area contributed by atoms with Crippen molar-refractivity contribution in [3.63, 3.8) is 0 Å². The number of amides is 3. The van der Waals surface area contributed by atoms with E-state index in [-0.39, 0.29) is 30.8 Å². The molecule has 1 aromatic carbocycles. The highest BCUT2D eigenvalue weighted by molar-refractivity contribution is 7.10. The molecule has 2 unspecified atom stereocenters. The number of carbonyl (C=O) groups is 2. The number of hydrogen-bond donors (Lipinski definition) is 3. The molecule has 1 fully saturated rings. The Hall–Kier alpha value is -2.09. The maximum Gasteiger partial charge on any atom is 0.312 e. The molecule has 152 valence electrons. The molecule has 1 aliphatic rings. The zero-order valence-corrected chi connectivity index (χ0v) is 17.5. The molecule has 2 aromatic rings. The molecule has 6 nitrogen and oxygen atoms in total. The van der Waals surface area contributed by atoms with Gasteiger partial charge < -0.3 is 21.3 Å². The number of halogens is 1. The van der Waals surface area contributed by atoms with Crippen molar-refractivity contribution in [2.45, 2.75) is 31.8 Å². The SMILES string of the molecule is CCc1ccc(C2CNCCN2C(=O)CC(NC(N)=O)c2cccs2)cc1.Cl. The Balaban J connectivity index is 0.00000280. The number of rotatable bonds is 6. The number of aryl methyl sites for hydroxylation is 1. The zero-order valence-electron chi connectivity index (χ0n) is 15.9. The first-order valence-corrected chi connectivity index (χ1v) is 10.1. The van der Waals surface area contributed by atoms with Crippen molar-refractivity contribution in [1.29, 1.82) is 0 Å². The summed E-state index contributed by atoms with van der Waals surface area (Å²) in [7, 11) is 0. The summed E-state index contributed by atoms with van der Waals surface area (Å²) in [6.07, 6.45) is 1.19. The summed E-state index contributed by atoms with van der Waals surface area (Å²) in [5.74, 6) is 0.0215. The van der Waals surface area contributed by atoms with Gasteiger partial charge in [0.25, 0.3) is 0 Å². The van der Waals surface area contributed by atoms with Gasteiger partial charge in [0.2, 0.25) is 5.91 Å². The first kappa shape index (κ1) is 22.2. The number of piperazine rings is 1. The average molecular weight is 423 g/mol. The lowest BCUT2D eigenvalue weighted by Crippen LogP contribution is -2.49. The van der Waals surface area contributed by atoms with E-state index in [2.05, 4.69) is 41.8 Å². The van der Waals surface area contributed by atoms with Gasteiger partial charge >= 0.3 is 6.03 Å². The number of nitrogens with zero attached hydrogens (tertiary/aromatic N) is 1. The minimum Gasteiger partial charge on any atom is -0.352 e. The van der Waals surface area contributed by atoms with Crippen LogP contribution in [0.1, 0.15) is 41.4 Å². The summed E-state index contributed by atoms with van der Waals surface area (Å²) in [6.45, 7) is 4.27. The van der Waals surface area contributed by atoms with Crippen molar-refractivity contribution in [1.82, 2.24) is 15.5 Å². The Morgan fingerprint density at radius 1 is 1.32 bits per heavy atom. The summed E-state index contributed by atoms with van der Waals surface area (Å²) in [5.41, 5.74) is 7.73. The maximum absolute atomic E-state index is 13.1. The standard InChI is InChI=1S/C20H26N4O2S.ClH/c1-2-14-5-7-15(8-6-14)17-13-22-9-10-24(17)19(25)12-16(23-20(21)26)18-4-3-11-27-18;/h3-8,11,16-17,22H,2,9-10,12-13H2,1H3,(H3,21,23,26);1H. The Bertz CT molecular complexity index is 767. The Morgan fingerprint density at radius 2 is 2.07 bits per heavy atom. The molecule has 1 saturated heterocycles. The summed E-state index contributed by atoms with van der Waals surface area (Å²) >= 11 is 1.51. The van der Waals surface area contributed by atoms with Crippen molar-refractivity contribution in [2.24, 2.45) is 5.73 Å². The third-order valence-electron chi connectivity index (χ3n) is 4.92. The lowest BCUT2D eigenvalue weighted by molar-refractivity contribution is -0.135. The summed E-state index contributed by atoms with van der Waals surface area (Å²) in [6, 6.07) is 11.3. The summed E-state index contributed by atoms with van der Waals surface area (Å²) in [4.78, 5) is 27.3. The minimum atomic E-state index is -0.617. The van der Waals surface area contributed by atoms with E-state index in [9.17, 15) is 9.59 Å². The predicted molar refractivity (Wildman–Crippen MR) is 115 cm³/mol. The summed E-state index contributed by atoms with van der Waals surface area (Å²) < 4.78 is 0. The Kier molecular flexibility index (Phi) is 8.29. The van der Waals surface area contributed by atoms with Crippen LogP contribution in [0.15, 0.2) is 41.8 Å². The molecular weight excluding hydrogens is 396 g/mol.